The van der Waals surface area contributed by atoms with Crippen molar-refractivity contribution >= 4 is 0 Å². The van der Waals surface area contributed by atoms with E-state index in [0.29, 0.717) is 6.04 Å². The highest BCUT2D eigenvalue weighted by atomic mass is 15.4. The second-order valence-corrected chi connectivity index (χ2v) is 5.54. The maximum atomic E-state index is 9.45. The molecule has 1 N–H and O–H groups in total. The van der Waals surface area contributed by atoms with Crippen LogP contribution in [-0.2, 0) is 0 Å². The van der Waals surface area contributed by atoms with Crippen molar-refractivity contribution < 1.29 is 0 Å². The van der Waals surface area contributed by atoms with Crippen LogP contribution in [0.3, 0.4) is 0 Å². The van der Waals surface area contributed by atoms with Gasteiger partial charge in [0.15, 0.2) is 0 Å². The lowest BCUT2D eigenvalue weighted by Crippen LogP contribution is -2.45. The minimum atomic E-state index is -0.398. The fourth-order valence-electron chi connectivity index (χ4n) is 2.93. The zero-order valence-electron chi connectivity index (χ0n) is 11.6. The lowest BCUT2D eigenvalue weighted by atomic mass is 9.98. The predicted octanol–water partition coefficient (Wildman–Crippen LogP) is 1.88. The Balaban J connectivity index is 2.17. The van der Waals surface area contributed by atoms with Crippen molar-refractivity contribution in [2.45, 2.75) is 64.6 Å². The number of aryl methyl sites for hydroxylation is 2. The molecule has 2 rings (SSSR count). The fraction of sp³-hybridized carbons (Fsp3) is 0.769. The van der Waals surface area contributed by atoms with Crippen LogP contribution in [0.1, 0.15) is 50.8 Å². The van der Waals surface area contributed by atoms with Crippen LogP contribution in [-0.4, -0.2) is 26.3 Å². The van der Waals surface area contributed by atoms with E-state index in [0.717, 1.165) is 30.9 Å². The summed E-state index contributed by atoms with van der Waals surface area (Å²) in [5, 5.41) is 17.3. The molecule has 0 aliphatic heterocycles. The average Bonchev–Trinajstić information content (AvgIpc) is 2.82. The van der Waals surface area contributed by atoms with Gasteiger partial charge in [0.25, 0.3) is 0 Å². The van der Waals surface area contributed by atoms with Gasteiger partial charge in [-0.3, -0.25) is 5.32 Å². The molecule has 0 amide bonds. The maximum Gasteiger partial charge on any atom is 0.147 e. The number of nitrogens with one attached hydrogen (secondary N) is 1. The average molecular weight is 247 g/mol. The van der Waals surface area contributed by atoms with Gasteiger partial charge >= 0.3 is 0 Å². The maximum absolute atomic E-state index is 9.45. The third-order valence-corrected chi connectivity index (χ3v) is 3.52. The van der Waals surface area contributed by atoms with Gasteiger partial charge in [-0.25, -0.2) is 9.67 Å². The Hall–Kier alpha value is -1.41. The summed E-state index contributed by atoms with van der Waals surface area (Å²) in [7, 11) is 0. The van der Waals surface area contributed by atoms with Crippen LogP contribution in [0.15, 0.2) is 0 Å². The number of nitrogens with zero attached hydrogens (tertiary/aromatic N) is 4. The lowest BCUT2D eigenvalue weighted by molar-refractivity contribution is 0.359. The number of nitriles is 1. The van der Waals surface area contributed by atoms with E-state index >= 15 is 0 Å². The molecule has 0 radical (unpaired) electrons. The molecule has 0 bridgehead atoms. The van der Waals surface area contributed by atoms with E-state index in [2.05, 4.69) is 35.3 Å². The minimum absolute atomic E-state index is 0.289. The summed E-state index contributed by atoms with van der Waals surface area (Å²) < 4.78 is 1.98. The molecule has 1 saturated carbocycles. The van der Waals surface area contributed by atoms with Crippen molar-refractivity contribution in [2.75, 3.05) is 0 Å². The normalized spacial score (nSPS) is 27.7. The summed E-state index contributed by atoms with van der Waals surface area (Å²) in [5.41, 5.74) is -0.398. The minimum Gasteiger partial charge on any atom is -0.297 e. The van der Waals surface area contributed by atoms with E-state index in [-0.39, 0.29) is 6.04 Å². The lowest BCUT2D eigenvalue weighted by Gasteiger charge is -2.25. The Morgan fingerprint density at radius 1 is 1.50 bits per heavy atom. The second-order valence-electron chi connectivity index (χ2n) is 5.54. The van der Waals surface area contributed by atoms with Crippen LogP contribution in [0.25, 0.3) is 0 Å². The molecule has 1 aliphatic carbocycles. The standard InChI is InChI=1S/C13H21N5/c1-9(2)16-13(8-14)6-5-12(7-13)18-11(4)15-10(3)17-18/h9,12,16H,5-7H2,1-4H3. The van der Waals surface area contributed by atoms with Crippen LogP contribution >= 0.6 is 0 Å². The molecule has 1 aromatic rings. The van der Waals surface area contributed by atoms with Crippen molar-refractivity contribution in [1.29, 1.82) is 5.26 Å². The van der Waals surface area contributed by atoms with Gasteiger partial charge in [-0.1, -0.05) is 0 Å². The smallest absolute Gasteiger partial charge is 0.147 e. The van der Waals surface area contributed by atoms with Gasteiger partial charge in [-0.15, -0.1) is 0 Å². The van der Waals surface area contributed by atoms with Crippen LogP contribution in [0, 0.1) is 25.2 Å². The first-order valence-electron chi connectivity index (χ1n) is 6.54. The van der Waals surface area contributed by atoms with E-state index in [9.17, 15) is 5.26 Å². The van der Waals surface area contributed by atoms with Crippen molar-refractivity contribution in [2.24, 2.45) is 0 Å². The van der Waals surface area contributed by atoms with Crippen molar-refractivity contribution in [3.8, 4) is 6.07 Å². The molecule has 0 saturated heterocycles. The van der Waals surface area contributed by atoms with Gasteiger partial charge in [0, 0.05) is 12.5 Å². The molecule has 5 nitrogen and oxygen atoms in total. The van der Waals surface area contributed by atoms with Crippen molar-refractivity contribution in [3.63, 3.8) is 0 Å². The zero-order valence-corrected chi connectivity index (χ0v) is 11.6. The van der Waals surface area contributed by atoms with E-state index in [1.54, 1.807) is 0 Å². The summed E-state index contributed by atoms with van der Waals surface area (Å²) in [4.78, 5) is 4.34. The first kappa shape index (κ1) is 13.0. The van der Waals surface area contributed by atoms with Gasteiger partial charge in [0.2, 0.25) is 0 Å². The molecule has 18 heavy (non-hydrogen) atoms. The zero-order chi connectivity index (χ0) is 13.3. The molecule has 1 heterocycles. The van der Waals surface area contributed by atoms with Gasteiger partial charge in [-0.2, -0.15) is 10.4 Å². The second kappa shape index (κ2) is 4.69. The van der Waals surface area contributed by atoms with E-state index in [1.807, 2.05) is 18.5 Å². The van der Waals surface area contributed by atoms with Gasteiger partial charge in [0.05, 0.1) is 12.1 Å². The predicted molar refractivity (Wildman–Crippen MR) is 69.0 cm³/mol. The topological polar surface area (TPSA) is 66.5 Å². The van der Waals surface area contributed by atoms with E-state index in [4.69, 9.17) is 0 Å². The number of hydrogen-bond donors (Lipinski definition) is 1. The molecule has 1 aromatic heterocycles. The Morgan fingerprint density at radius 3 is 2.72 bits per heavy atom. The first-order chi connectivity index (χ1) is 8.46. The third-order valence-electron chi connectivity index (χ3n) is 3.52. The first-order valence-corrected chi connectivity index (χ1v) is 6.54. The Bertz CT molecular complexity index is 470. The van der Waals surface area contributed by atoms with Crippen molar-refractivity contribution in [3.05, 3.63) is 11.6 Å². The summed E-state index contributed by atoms with van der Waals surface area (Å²) in [5.74, 6) is 1.74. The Labute approximate surface area is 108 Å². The molecular weight excluding hydrogens is 226 g/mol. The van der Waals surface area contributed by atoms with E-state index in [1.165, 1.54) is 0 Å². The number of aromatic nitrogens is 3. The van der Waals surface area contributed by atoms with Crippen molar-refractivity contribution in [1.82, 2.24) is 20.1 Å². The van der Waals surface area contributed by atoms with Crippen LogP contribution in [0.4, 0.5) is 0 Å². The number of hydrogen-bond acceptors (Lipinski definition) is 4. The molecule has 1 aliphatic rings. The van der Waals surface area contributed by atoms with Crippen LogP contribution < -0.4 is 5.32 Å². The van der Waals surface area contributed by atoms with Gasteiger partial charge < -0.3 is 0 Å². The van der Waals surface area contributed by atoms with Gasteiger partial charge in [-0.05, 0) is 40.5 Å². The third kappa shape index (κ3) is 2.39. The van der Waals surface area contributed by atoms with Crippen LogP contribution in [0.2, 0.25) is 0 Å². The Morgan fingerprint density at radius 2 is 2.22 bits per heavy atom. The largest absolute Gasteiger partial charge is 0.297 e. The number of rotatable bonds is 3. The quantitative estimate of drug-likeness (QED) is 0.885. The highest BCUT2D eigenvalue weighted by Gasteiger charge is 2.41. The summed E-state index contributed by atoms with van der Waals surface area (Å²) in [6, 6.07) is 3.07. The molecule has 0 aromatic carbocycles. The SMILES string of the molecule is Cc1nc(C)n(C2CCC(C#N)(NC(C)C)C2)n1. The highest BCUT2D eigenvalue weighted by molar-refractivity contribution is 5.13. The summed E-state index contributed by atoms with van der Waals surface area (Å²) in [6.07, 6.45) is 2.67. The highest BCUT2D eigenvalue weighted by Crippen LogP contribution is 2.37. The summed E-state index contributed by atoms with van der Waals surface area (Å²) >= 11 is 0. The summed E-state index contributed by atoms with van der Waals surface area (Å²) in [6.45, 7) is 8.04. The molecule has 2 atom stereocenters. The fourth-order valence-corrected chi connectivity index (χ4v) is 2.93. The molecule has 5 heteroatoms. The molecule has 98 valence electrons. The monoisotopic (exact) mass is 247 g/mol. The van der Waals surface area contributed by atoms with Gasteiger partial charge in [0.1, 0.15) is 17.2 Å². The molecular formula is C13H21N5. The molecule has 1 fully saturated rings. The van der Waals surface area contributed by atoms with E-state index < -0.39 is 5.54 Å². The molecule has 2 unspecified atom stereocenters. The van der Waals surface area contributed by atoms with Crippen LogP contribution in [0.5, 0.6) is 0 Å². The molecule has 0 spiro atoms. The Kier molecular flexibility index (Phi) is 3.40.